The number of thiophene rings is 1. The van der Waals surface area contributed by atoms with Gasteiger partial charge in [-0.3, -0.25) is 4.79 Å². The SMILES string of the molecule is COCCn1cnnc1C(C)NS(=O)(=O)c1cc(C(N)=O)cs1. The topological polar surface area (TPSA) is 129 Å². The molecule has 11 heteroatoms. The van der Waals surface area contributed by atoms with Crippen molar-refractivity contribution in [1.29, 1.82) is 0 Å². The number of sulfonamides is 1. The summed E-state index contributed by atoms with van der Waals surface area (Å²) in [5.74, 6) is -0.202. The van der Waals surface area contributed by atoms with Crippen molar-refractivity contribution in [1.82, 2.24) is 19.5 Å². The third kappa shape index (κ3) is 4.13. The van der Waals surface area contributed by atoms with Crippen LogP contribution in [0.15, 0.2) is 22.0 Å². The minimum atomic E-state index is -3.79. The van der Waals surface area contributed by atoms with Crippen LogP contribution in [0.1, 0.15) is 29.1 Å². The summed E-state index contributed by atoms with van der Waals surface area (Å²) in [6.45, 7) is 2.63. The van der Waals surface area contributed by atoms with Crippen LogP contribution in [0, 0.1) is 0 Å². The number of primary amides is 1. The van der Waals surface area contributed by atoms with Crippen molar-refractivity contribution in [3.63, 3.8) is 0 Å². The largest absolute Gasteiger partial charge is 0.383 e. The van der Waals surface area contributed by atoms with E-state index in [0.29, 0.717) is 19.0 Å². The Balaban J connectivity index is 2.16. The van der Waals surface area contributed by atoms with Crippen LogP contribution in [0.3, 0.4) is 0 Å². The van der Waals surface area contributed by atoms with Crippen molar-refractivity contribution < 1.29 is 17.9 Å². The monoisotopic (exact) mass is 359 g/mol. The Morgan fingerprint density at radius 2 is 2.30 bits per heavy atom. The van der Waals surface area contributed by atoms with E-state index >= 15 is 0 Å². The van der Waals surface area contributed by atoms with Crippen LogP contribution < -0.4 is 10.5 Å². The average molecular weight is 359 g/mol. The second kappa shape index (κ2) is 7.17. The number of ether oxygens (including phenoxy) is 1. The van der Waals surface area contributed by atoms with E-state index in [-0.39, 0.29) is 9.77 Å². The number of nitrogens with zero attached hydrogens (tertiary/aromatic N) is 3. The first-order valence-corrected chi connectivity index (χ1v) is 8.98. The first-order valence-electron chi connectivity index (χ1n) is 6.62. The van der Waals surface area contributed by atoms with Crippen molar-refractivity contribution in [3.8, 4) is 0 Å². The molecule has 1 atom stereocenters. The Hall–Kier alpha value is -1.82. The number of nitrogens with two attached hydrogens (primary N) is 1. The molecule has 0 aliphatic carbocycles. The Morgan fingerprint density at radius 1 is 1.57 bits per heavy atom. The van der Waals surface area contributed by atoms with E-state index in [4.69, 9.17) is 10.5 Å². The van der Waals surface area contributed by atoms with Crippen molar-refractivity contribution in [2.24, 2.45) is 5.73 Å². The summed E-state index contributed by atoms with van der Waals surface area (Å²) < 4.78 is 33.9. The highest BCUT2D eigenvalue weighted by molar-refractivity contribution is 7.91. The number of carbonyl (C=O) groups is 1. The second-order valence-electron chi connectivity index (χ2n) is 4.74. The number of hydrogen-bond acceptors (Lipinski definition) is 7. The van der Waals surface area contributed by atoms with E-state index in [1.165, 1.54) is 17.8 Å². The first-order chi connectivity index (χ1) is 10.8. The standard InChI is InChI=1S/C12H17N5O4S2/c1-8(12-15-14-7-17(12)3-4-21-2)16-23(19,20)10-5-9(6-22-10)11(13)18/h5-8,16H,3-4H2,1-2H3,(H2,13,18). The molecular formula is C12H17N5O4S2. The molecule has 2 rings (SSSR count). The highest BCUT2D eigenvalue weighted by Crippen LogP contribution is 2.22. The van der Waals surface area contributed by atoms with Gasteiger partial charge in [-0.2, -0.15) is 0 Å². The molecule has 1 unspecified atom stereocenters. The lowest BCUT2D eigenvalue weighted by Gasteiger charge is -2.14. The van der Waals surface area contributed by atoms with Gasteiger partial charge in [0.15, 0.2) is 5.82 Å². The highest BCUT2D eigenvalue weighted by Gasteiger charge is 2.23. The van der Waals surface area contributed by atoms with Crippen LogP contribution in [-0.4, -0.2) is 42.8 Å². The molecule has 23 heavy (non-hydrogen) atoms. The summed E-state index contributed by atoms with van der Waals surface area (Å²) in [7, 11) is -2.21. The summed E-state index contributed by atoms with van der Waals surface area (Å²) in [5, 5.41) is 9.14. The normalized spacial score (nSPS) is 13.1. The molecule has 0 bridgehead atoms. The van der Waals surface area contributed by atoms with Crippen LogP contribution in [-0.2, 0) is 21.3 Å². The smallest absolute Gasteiger partial charge is 0.250 e. The third-order valence-electron chi connectivity index (χ3n) is 3.03. The van der Waals surface area contributed by atoms with Crippen molar-refractivity contribution in [2.45, 2.75) is 23.7 Å². The Morgan fingerprint density at radius 3 is 2.91 bits per heavy atom. The van der Waals surface area contributed by atoms with Crippen LogP contribution in [0.4, 0.5) is 0 Å². The average Bonchev–Trinajstić information content (AvgIpc) is 3.13. The summed E-state index contributed by atoms with van der Waals surface area (Å²) in [6, 6.07) is 0.649. The Bertz CT molecular complexity index is 783. The predicted molar refractivity (Wildman–Crippen MR) is 83.5 cm³/mol. The zero-order chi connectivity index (χ0) is 17.0. The third-order valence-corrected chi connectivity index (χ3v) is 6.01. The molecule has 2 aromatic rings. The number of nitrogens with one attached hydrogen (secondary N) is 1. The molecule has 0 fully saturated rings. The summed E-state index contributed by atoms with van der Waals surface area (Å²) in [5.41, 5.74) is 5.29. The molecule has 0 spiro atoms. The number of aromatic nitrogens is 3. The Kier molecular flexibility index (Phi) is 5.46. The van der Waals surface area contributed by atoms with E-state index < -0.39 is 22.0 Å². The van der Waals surface area contributed by atoms with Gasteiger partial charge in [0.1, 0.15) is 10.5 Å². The summed E-state index contributed by atoms with van der Waals surface area (Å²) in [4.78, 5) is 11.1. The molecule has 0 aliphatic heterocycles. The molecule has 0 aliphatic rings. The van der Waals surface area contributed by atoms with Gasteiger partial charge in [0.2, 0.25) is 5.91 Å². The lowest BCUT2D eigenvalue weighted by Crippen LogP contribution is -2.28. The van der Waals surface area contributed by atoms with Crippen LogP contribution >= 0.6 is 11.3 Å². The first kappa shape index (κ1) is 17.5. The molecule has 126 valence electrons. The minimum absolute atomic E-state index is 0.0149. The number of amides is 1. The Labute approximate surface area is 137 Å². The number of carbonyl (C=O) groups excluding carboxylic acids is 1. The molecule has 0 saturated heterocycles. The maximum absolute atomic E-state index is 12.4. The number of rotatable bonds is 8. The molecule has 0 radical (unpaired) electrons. The highest BCUT2D eigenvalue weighted by atomic mass is 32.2. The second-order valence-corrected chi connectivity index (χ2v) is 7.59. The fraction of sp³-hybridized carbons (Fsp3) is 0.417. The summed E-state index contributed by atoms with van der Waals surface area (Å²) in [6.07, 6.45) is 1.51. The number of methoxy groups -OCH3 is 1. The van der Waals surface area contributed by atoms with Gasteiger partial charge in [0.25, 0.3) is 10.0 Å². The lowest BCUT2D eigenvalue weighted by molar-refractivity contribution is 0.100. The lowest BCUT2D eigenvalue weighted by atomic mass is 10.3. The molecule has 9 nitrogen and oxygen atoms in total. The van der Waals surface area contributed by atoms with E-state index in [1.807, 2.05) is 0 Å². The minimum Gasteiger partial charge on any atom is -0.383 e. The van der Waals surface area contributed by atoms with Gasteiger partial charge in [-0.25, -0.2) is 13.1 Å². The zero-order valence-electron chi connectivity index (χ0n) is 12.6. The van der Waals surface area contributed by atoms with E-state index in [1.54, 1.807) is 18.6 Å². The van der Waals surface area contributed by atoms with Crippen molar-refractivity contribution >= 4 is 27.3 Å². The number of hydrogen-bond donors (Lipinski definition) is 2. The predicted octanol–water partition coefficient (Wildman–Crippen LogP) is 0.124. The molecule has 2 aromatic heterocycles. The quantitative estimate of drug-likeness (QED) is 0.689. The van der Waals surface area contributed by atoms with E-state index in [0.717, 1.165) is 11.3 Å². The van der Waals surface area contributed by atoms with Crippen molar-refractivity contribution in [2.75, 3.05) is 13.7 Å². The molecule has 3 N–H and O–H groups in total. The van der Waals surface area contributed by atoms with Crippen LogP contribution in [0.5, 0.6) is 0 Å². The van der Waals surface area contributed by atoms with E-state index in [2.05, 4.69) is 14.9 Å². The van der Waals surface area contributed by atoms with Crippen LogP contribution in [0.25, 0.3) is 0 Å². The van der Waals surface area contributed by atoms with Gasteiger partial charge in [0, 0.05) is 19.0 Å². The van der Waals surface area contributed by atoms with Crippen LogP contribution in [0.2, 0.25) is 0 Å². The van der Waals surface area contributed by atoms with Gasteiger partial charge in [-0.05, 0) is 13.0 Å². The fourth-order valence-corrected chi connectivity index (χ4v) is 4.28. The summed E-state index contributed by atoms with van der Waals surface area (Å²) >= 11 is 0.928. The maximum Gasteiger partial charge on any atom is 0.250 e. The molecule has 0 saturated carbocycles. The zero-order valence-corrected chi connectivity index (χ0v) is 14.2. The van der Waals surface area contributed by atoms with Crippen molar-refractivity contribution in [3.05, 3.63) is 29.2 Å². The fourth-order valence-electron chi connectivity index (χ4n) is 1.89. The van der Waals surface area contributed by atoms with Gasteiger partial charge in [-0.1, -0.05) is 0 Å². The van der Waals surface area contributed by atoms with Gasteiger partial charge in [-0.15, -0.1) is 21.5 Å². The van der Waals surface area contributed by atoms with E-state index in [9.17, 15) is 13.2 Å². The van der Waals surface area contributed by atoms with Gasteiger partial charge >= 0.3 is 0 Å². The van der Waals surface area contributed by atoms with Gasteiger partial charge < -0.3 is 15.0 Å². The molecule has 1 amide bonds. The molecule has 0 aromatic carbocycles. The van der Waals surface area contributed by atoms with Gasteiger partial charge in [0.05, 0.1) is 18.2 Å². The molecular weight excluding hydrogens is 342 g/mol. The maximum atomic E-state index is 12.4. The molecule has 2 heterocycles.